The molecule has 1 N–H and O–H groups in total. The van der Waals surface area contributed by atoms with E-state index in [4.69, 9.17) is 0 Å². The van der Waals surface area contributed by atoms with Crippen molar-refractivity contribution in [3.8, 4) is 0 Å². The molecule has 0 aliphatic carbocycles. The van der Waals surface area contributed by atoms with Gasteiger partial charge in [0.25, 0.3) is 0 Å². The largest absolute Gasteiger partial charge is 0.416 e. The Kier molecular flexibility index (Phi) is 4.89. The van der Waals surface area contributed by atoms with Crippen molar-refractivity contribution in [1.29, 1.82) is 0 Å². The van der Waals surface area contributed by atoms with Crippen LogP contribution in [0.4, 0.5) is 18.9 Å². The summed E-state index contributed by atoms with van der Waals surface area (Å²) in [6.45, 7) is 3.90. The molecule has 0 radical (unpaired) electrons. The van der Waals surface area contributed by atoms with E-state index in [9.17, 15) is 18.0 Å². The number of hydrogen-bond donors (Lipinski definition) is 1. The first-order valence-corrected chi connectivity index (χ1v) is 6.99. The molecule has 2 aromatic carbocycles. The van der Waals surface area contributed by atoms with Crippen molar-refractivity contribution in [3.63, 3.8) is 0 Å². The average molecular weight is 319 g/mol. The van der Waals surface area contributed by atoms with Gasteiger partial charge >= 0.3 is 6.18 Å². The monoisotopic (exact) mass is 319 g/mol. The van der Waals surface area contributed by atoms with Gasteiger partial charge in [-0.2, -0.15) is 13.2 Å². The predicted molar refractivity (Wildman–Crippen MR) is 85.0 cm³/mol. The van der Waals surface area contributed by atoms with Crippen molar-refractivity contribution in [3.05, 3.63) is 70.8 Å². The average Bonchev–Trinajstić information content (AvgIpc) is 2.45. The van der Waals surface area contributed by atoms with Crippen LogP contribution in [0.25, 0.3) is 6.08 Å². The Hall–Kier alpha value is -2.56. The lowest BCUT2D eigenvalue weighted by Gasteiger charge is -2.08. The van der Waals surface area contributed by atoms with Crippen LogP contribution in [0.15, 0.2) is 48.5 Å². The second-order valence-electron chi connectivity index (χ2n) is 5.26. The van der Waals surface area contributed by atoms with Crippen LogP contribution in [0.1, 0.15) is 22.3 Å². The Labute approximate surface area is 132 Å². The summed E-state index contributed by atoms with van der Waals surface area (Å²) in [6.07, 6.45) is -1.49. The molecule has 0 unspecified atom stereocenters. The van der Waals surface area contributed by atoms with Gasteiger partial charge in [-0.25, -0.2) is 0 Å². The lowest BCUT2D eigenvalue weighted by Crippen LogP contribution is -2.10. The number of carbonyl (C=O) groups is 1. The van der Waals surface area contributed by atoms with Crippen molar-refractivity contribution >= 4 is 17.7 Å². The Morgan fingerprint density at radius 2 is 1.83 bits per heavy atom. The van der Waals surface area contributed by atoms with E-state index in [0.717, 1.165) is 28.8 Å². The van der Waals surface area contributed by atoms with Crippen LogP contribution in [-0.4, -0.2) is 5.91 Å². The normalized spacial score (nSPS) is 11.7. The van der Waals surface area contributed by atoms with Gasteiger partial charge in [0.1, 0.15) is 0 Å². The molecule has 0 aromatic heterocycles. The summed E-state index contributed by atoms with van der Waals surface area (Å²) < 4.78 is 37.9. The molecule has 0 saturated carbocycles. The third-order valence-corrected chi connectivity index (χ3v) is 3.30. The Balaban J connectivity index is 2.09. The fourth-order valence-electron chi connectivity index (χ4n) is 2.14. The highest BCUT2D eigenvalue weighted by molar-refractivity contribution is 6.02. The number of nitrogens with one attached hydrogen (secondary N) is 1. The van der Waals surface area contributed by atoms with Crippen LogP contribution in [0.2, 0.25) is 0 Å². The molecule has 2 nitrogen and oxygen atoms in total. The Bertz CT molecular complexity index is 748. The molecular formula is C18H16F3NO. The molecule has 23 heavy (non-hydrogen) atoms. The number of alkyl halides is 3. The highest BCUT2D eigenvalue weighted by Gasteiger charge is 2.30. The van der Waals surface area contributed by atoms with Crippen molar-refractivity contribution in [2.75, 3.05) is 5.32 Å². The topological polar surface area (TPSA) is 29.1 Å². The minimum absolute atomic E-state index is 0.107. The molecular weight excluding hydrogens is 303 g/mol. The summed E-state index contributed by atoms with van der Waals surface area (Å²) in [7, 11) is 0. The van der Waals surface area contributed by atoms with E-state index in [1.807, 2.05) is 32.0 Å². The molecule has 2 rings (SSSR count). The lowest BCUT2D eigenvalue weighted by molar-refractivity contribution is -0.137. The first-order chi connectivity index (χ1) is 10.8. The highest BCUT2D eigenvalue weighted by Crippen LogP contribution is 2.30. The van der Waals surface area contributed by atoms with E-state index < -0.39 is 17.6 Å². The summed E-state index contributed by atoms with van der Waals surface area (Å²) in [5.74, 6) is -0.482. The maximum absolute atomic E-state index is 12.6. The van der Waals surface area contributed by atoms with Crippen molar-refractivity contribution in [2.45, 2.75) is 20.0 Å². The van der Waals surface area contributed by atoms with Gasteiger partial charge in [0.05, 0.1) is 5.56 Å². The van der Waals surface area contributed by atoms with Gasteiger partial charge in [0, 0.05) is 11.8 Å². The van der Waals surface area contributed by atoms with Gasteiger partial charge in [-0.3, -0.25) is 4.79 Å². The molecule has 0 aliphatic heterocycles. The standard InChI is InChI=1S/C18H16F3NO/c1-12-6-7-14(13(2)10-12)8-9-17(23)22-16-5-3-4-15(11-16)18(19,20)21/h3-11H,1-2H3,(H,22,23)/b9-8+. The maximum atomic E-state index is 12.6. The molecule has 5 heteroatoms. The van der Waals surface area contributed by atoms with Crippen LogP contribution in [0.5, 0.6) is 0 Å². The first-order valence-electron chi connectivity index (χ1n) is 6.99. The summed E-state index contributed by atoms with van der Waals surface area (Å²) in [5, 5.41) is 2.43. The second-order valence-corrected chi connectivity index (χ2v) is 5.26. The van der Waals surface area contributed by atoms with Gasteiger partial charge < -0.3 is 5.32 Å². The van der Waals surface area contributed by atoms with Crippen LogP contribution in [0, 0.1) is 13.8 Å². The van der Waals surface area contributed by atoms with Crippen LogP contribution < -0.4 is 5.32 Å². The molecule has 0 aliphatic rings. The summed E-state index contributed by atoms with van der Waals surface area (Å²) in [6, 6.07) is 10.3. The van der Waals surface area contributed by atoms with E-state index in [1.54, 1.807) is 6.08 Å². The molecule has 120 valence electrons. The summed E-state index contributed by atoms with van der Waals surface area (Å²) >= 11 is 0. The van der Waals surface area contributed by atoms with E-state index in [1.165, 1.54) is 18.2 Å². The number of anilines is 1. The van der Waals surface area contributed by atoms with E-state index in [2.05, 4.69) is 5.32 Å². The molecule has 0 spiro atoms. The zero-order valence-electron chi connectivity index (χ0n) is 12.7. The number of benzene rings is 2. The van der Waals surface area contributed by atoms with Gasteiger partial charge in [0.15, 0.2) is 0 Å². The minimum atomic E-state index is -4.43. The zero-order chi connectivity index (χ0) is 17.0. The lowest BCUT2D eigenvalue weighted by atomic mass is 10.1. The molecule has 2 aromatic rings. The number of halogens is 3. The molecule has 0 fully saturated rings. The predicted octanol–water partition coefficient (Wildman–Crippen LogP) is 4.97. The molecule has 1 amide bonds. The zero-order valence-corrected chi connectivity index (χ0v) is 12.7. The second kappa shape index (κ2) is 6.69. The van der Waals surface area contributed by atoms with Gasteiger partial charge in [-0.15, -0.1) is 0 Å². The quantitative estimate of drug-likeness (QED) is 0.795. The highest BCUT2D eigenvalue weighted by atomic mass is 19.4. The maximum Gasteiger partial charge on any atom is 0.416 e. The number of hydrogen-bond acceptors (Lipinski definition) is 1. The van der Waals surface area contributed by atoms with Gasteiger partial charge in [0.2, 0.25) is 5.91 Å². The molecule has 0 atom stereocenters. The van der Waals surface area contributed by atoms with Crippen molar-refractivity contribution < 1.29 is 18.0 Å². The van der Waals surface area contributed by atoms with E-state index in [0.29, 0.717) is 0 Å². The van der Waals surface area contributed by atoms with E-state index >= 15 is 0 Å². The summed E-state index contributed by atoms with van der Waals surface area (Å²) in [4.78, 5) is 11.8. The number of carbonyl (C=O) groups excluding carboxylic acids is 1. The third kappa shape index (κ3) is 4.71. The van der Waals surface area contributed by atoms with Crippen LogP contribution >= 0.6 is 0 Å². The fourth-order valence-corrected chi connectivity index (χ4v) is 2.14. The number of amides is 1. The Morgan fingerprint density at radius 1 is 1.09 bits per heavy atom. The van der Waals surface area contributed by atoms with Crippen molar-refractivity contribution in [1.82, 2.24) is 0 Å². The fraction of sp³-hybridized carbons (Fsp3) is 0.167. The van der Waals surface area contributed by atoms with E-state index in [-0.39, 0.29) is 5.69 Å². The number of aryl methyl sites for hydroxylation is 2. The number of rotatable bonds is 3. The first kappa shape index (κ1) is 16.8. The SMILES string of the molecule is Cc1ccc(/C=C/C(=O)Nc2cccc(C(F)(F)F)c2)c(C)c1. The summed E-state index contributed by atoms with van der Waals surface area (Å²) in [5.41, 5.74) is 2.33. The van der Waals surface area contributed by atoms with Crippen LogP contribution in [-0.2, 0) is 11.0 Å². The van der Waals surface area contributed by atoms with Crippen molar-refractivity contribution in [2.24, 2.45) is 0 Å². The minimum Gasteiger partial charge on any atom is -0.322 e. The van der Waals surface area contributed by atoms with Crippen LogP contribution in [0.3, 0.4) is 0 Å². The molecule has 0 heterocycles. The molecule has 0 saturated heterocycles. The van der Waals surface area contributed by atoms with Gasteiger partial charge in [-0.1, -0.05) is 29.8 Å². The van der Waals surface area contributed by atoms with Gasteiger partial charge in [-0.05, 0) is 49.2 Å². The smallest absolute Gasteiger partial charge is 0.322 e. The molecule has 0 bridgehead atoms. The third-order valence-electron chi connectivity index (χ3n) is 3.30. The Morgan fingerprint density at radius 3 is 2.48 bits per heavy atom.